The Kier molecular flexibility index (Phi) is 6.51. The van der Waals surface area contributed by atoms with Gasteiger partial charge in [0.2, 0.25) is 10.0 Å². The van der Waals surface area contributed by atoms with Crippen LogP contribution in [0.3, 0.4) is 0 Å². The van der Waals surface area contributed by atoms with Gasteiger partial charge in [-0.15, -0.1) is 10.2 Å². The molecule has 0 amide bonds. The van der Waals surface area contributed by atoms with E-state index in [0.29, 0.717) is 29.2 Å². The van der Waals surface area contributed by atoms with Gasteiger partial charge in [0.15, 0.2) is 5.82 Å². The van der Waals surface area contributed by atoms with Gasteiger partial charge in [-0.25, -0.2) is 13.1 Å². The minimum absolute atomic E-state index is 0.0728. The molecule has 1 aromatic heterocycles. The lowest BCUT2D eigenvalue weighted by Crippen LogP contribution is -2.32. The van der Waals surface area contributed by atoms with E-state index in [4.69, 9.17) is 4.74 Å². The van der Waals surface area contributed by atoms with E-state index in [1.807, 2.05) is 67.6 Å². The number of aryl methyl sites for hydroxylation is 2. The Balaban J connectivity index is 1.51. The fourth-order valence-electron chi connectivity index (χ4n) is 4.37. The average Bonchev–Trinajstić information content (AvgIpc) is 3.39. The normalized spacial score (nSPS) is 16.0. The second-order valence-corrected chi connectivity index (χ2v) is 10.6. The number of ether oxygens (including phenoxy) is 1. The maximum absolute atomic E-state index is 13.1. The van der Waals surface area contributed by atoms with Gasteiger partial charge in [0.25, 0.3) is 0 Å². The van der Waals surface area contributed by atoms with Crippen LogP contribution < -0.4 is 10.0 Å². The molecule has 0 aliphatic carbocycles. The second-order valence-electron chi connectivity index (χ2n) is 8.85. The van der Waals surface area contributed by atoms with Crippen molar-refractivity contribution in [2.24, 2.45) is 0 Å². The molecule has 8 heteroatoms. The molecule has 1 atom stereocenters. The van der Waals surface area contributed by atoms with Gasteiger partial charge < -0.3 is 10.1 Å². The molecule has 35 heavy (non-hydrogen) atoms. The summed E-state index contributed by atoms with van der Waals surface area (Å²) in [6.07, 6.45) is 1.75. The standard InChI is InChI=1S/C27H28N4O3S/c1-18-8-3-6-12-24(18)29-27-23-11-5-4-10-22(23)26(30-31-27)20-14-13-19(2)25(16-20)35(32,33)28-17-21-9-7-15-34-21/h3-6,8,10-14,16,21,28H,7,9,15,17H2,1-2H3,(H,29,31)/t21-/m0/s1. The number of para-hydroxylation sites is 1. The maximum Gasteiger partial charge on any atom is 0.240 e. The lowest BCUT2D eigenvalue weighted by molar-refractivity contribution is 0.114. The van der Waals surface area contributed by atoms with Crippen molar-refractivity contribution in [2.75, 3.05) is 18.5 Å². The van der Waals surface area contributed by atoms with Crippen LogP contribution in [0.4, 0.5) is 11.5 Å². The van der Waals surface area contributed by atoms with Gasteiger partial charge in [-0.2, -0.15) is 0 Å². The smallest absolute Gasteiger partial charge is 0.240 e. The van der Waals surface area contributed by atoms with Crippen LogP contribution in [0.2, 0.25) is 0 Å². The summed E-state index contributed by atoms with van der Waals surface area (Å²) in [6.45, 7) is 4.78. The number of hydrogen-bond donors (Lipinski definition) is 2. The van der Waals surface area contributed by atoms with Gasteiger partial charge in [0.05, 0.1) is 11.0 Å². The molecular formula is C27H28N4O3S. The Morgan fingerprint density at radius 1 is 0.943 bits per heavy atom. The lowest BCUT2D eigenvalue weighted by Gasteiger charge is -2.15. The topological polar surface area (TPSA) is 93.2 Å². The fraction of sp³-hybridized carbons (Fsp3) is 0.259. The highest BCUT2D eigenvalue weighted by atomic mass is 32.2. The number of fused-ring (bicyclic) bond motifs is 1. The Morgan fingerprint density at radius 2 is 1.71 bits per heavy atom. The van der Waals surface area contributed by atoms with Crippen LogP contribution in [0, 0.1) is 13.8 Å². The molecule has 7 nitrogen and oxygen atoms in total. The molecule has 1 aliphatic rings. The predicted molar refractivity (Wildman–Crippen MR) is 138 cm³/mol. The number of nitrogens with one attached hydrogen (secondary N) is 2. The quantitative estimate of drug-likeness (QED) is 0.375. The Morgan fingerprint density at radius 3 is 2.49 bits per heavy atom. The van der Waals surface area contributed by atoms with E-state index >= 15 is 0 Å². The van der Waals surface area contributed by atoms with Crippen LogP contribution >= 0.6 is 0 Å². The number of hydrogen-bond acceptors (Lipinski definition) is 6. The molecule has 0 spiro atoms. The summed E-state index contributed by atoms with van der Waals surface area (Å²) in [7, 11) is -3.71. The summed E-state index contributed by atoms with van der Waals surface area (Å²) >= 11 is 0. The number of anilines is 2. The van der Waals surface area contributed by atoms with Crippen LogP contribution in [0.25, 0.3) is 22.0 Å². The first-order valence-corrected chi connectivity index (χ1v) is 13.2. The molecule has 0 bridgehead atoms. The van der Waals surface area contributed by atoms with Crippen LogP contribution in [-0.4, -0.2) is 37.9 Å². The predicted octanol–water partition coefficient (Wildman–Crippen LogP) is 5.11. The third-order valence-corrected chi connectivity index (χ3v) is 7.93. The van der Waals surface area contributed by atoms with Crippen LogP contribution in [0.5, 0.6) is 0 Å². The third-order valence-electron chi connectivity index (χ3n) is 6.36. The van der Waals surface area contributed by atoms with E-state index < -0.39 is 10.0 Å². The van der Waals surface area contributed by atoms with E-state index in [0.717, 1.165) is 34.9 Å². The zero-order valence-corrected chi connectivity index (χ0v) is 20.6. The van der Waals surface area contributed by atoms with Gasteiger partial charge in [-0.1, -0.05) is 54.6 Å². The van der Waals surface area contributed by atoms with Crippen molar-refractivity contribution in [1.82, 2.24) is 14.9 Å². The molecule has 1 fully saturated rings. The Hall–Kier alpha value is -3.33. The van der Waals surface area contributed by atoms with E-state index in [2.05, 4.69) is 20.2 Å². The van der Waals surface area contributed by atoms with Gasteiger partial charge in [-0.3, -0.25) is 0 Å². The summed E-state index contributed by atoms with van der Waals surface area (Å²) in [4.78, 5) is 0.237. The molecule has 0 radical (unpaired) electrons. The zero-order chi connectivity index (χ0) is 24.4. The molecule has 1 aliphatic heterocycles. The van der Waals surface area contributed by atoms with E-state index in [9.17, 15) is 8.42 Å². The van der Waals surface area contributed by atoms with E-state index in [1.165, 1.54) is 0 Å². The van der Waals surface area contributed by atoms with Crippen molar-refractivity contribution in [3.63, 3.8) is 0 Å². The third kappa shape index (κ3) is 4.91. The molecule has 1 saturated heterocycles. The first kappa shape index (κ1) is 23.4. The fourth-order valence-corrected chi connectivity index (χ4v) is 5.71. The van der Waals surface area contributed by atoms with Gasteiger partial charge >= 0.3 is 0 Å². The first-order valence-electron chi connectivity index (χ1n) is 11.7. The van der Waals surface area contributed by atoms with Gasteiger partial charge in [-0.05, 0) is 49.9 Å². The monoisotopic (exact) mass is 488 g/mol. The second kappa shape index (κ2) is 9.73. The highest BCUT2D eigenvalue weighted by Gasteiger charge is 2.23. The molecule has 0 unspecified atom stereocenters. The van der Waals surface area contributed by atoms with Crippen molar-refractivity contribution in [3.8, 4) is 11.3 Å². The molecule has 180 valence electrons. The van der Waals surface area contributed by atoms with Crippen molar-refractivity contribution < 1.29 is 13.2 Å². The zero-order valence-electron chi connectivity index (χ0n) is 19.8. The number of aromatic nitrogens is 2. The Bertz CT molecular complexity index is 1480. The molecule has 2 N–H and O–H groups in total. The number of sulfonamides is 1. The minimum Gasteiger partial charge on any atom is -0.377 e. The molecule has 4 aromatic rings. The number of nitrogens with zero attached hydrogens (tertiary/aromatic N) is 2. The average molecular weight is 489 g/mol. The lowest BCUT2D eigenvalue weighted by atomic mass is 10.0. The van der Waals surface area contributed by atoms with Crippen LogP contribution in [0.15, 0.2) is 71.6 Å². The number of benzene rings is 3. The van der Waals surface area contributed by atoms with Crippen molar-refractivity contribution in [3.05, 3.63) is 77.9 Å². The van der Waals surface area contributed by atoms with Crippen LogP contribution in [0.1, 0.15) is 24.0 Å². The summed E-state index contributed by atoms with van der Waals surface area (Å²) in [5.41, 5.74) is 4.06. The van der Waals surface area contributed by atoms with Crippen LogP contribution in [-0.2, 0) is 14.8 Å². The Labute approximate surface area is 205 Å². The van der Waals surface area contributed by atoms with E-state index in [1.54, 1.807) is 13.0 Å². The summed E-state index contributed by atoms with van der Waals surface area (Å²) in [5.74, 6) is 0.650. The first-order chi connectivity index (χ1) is 16.9. The van der Waals surface area contributed by atoms with Gasteiger partial charge in [0.1, 0.15) is 5.69 Å². The minimum atomic E-state index is -3.71. The summed E-state index contributed by atoms with van der Waals surface area (Å²) in [5, 5.41) is 14.2. The highest BCUT2D eigenvalue weighted by molar-refractivity contribution is 7.89. The SMILES string of the molecule is Cc1ccccc1Nc1nnc(-c2ccc(C)c(S(=O)(=O)NC[C@@H]3CCCO3)c2)c2ccccc12. The molecule has 5 rings (SSSR count). The van der Waals surface area contributed by atoms with E-state index in [-0.39, 0.29) is 17.5 Å². The summed E-state index contributed by atoms with van der Waals surface area (Å²) < 4.78 is 34.5. The maximum atomic E-state index is 13.1. The van der Waals surface area contributed by atoms with Crippen molar-refractivity contribution in [2.45, 2.75) is 37.7 Å². The highest BCUT2D eigenvalue weighted by Crippen LogP contribution is 2.33. The summed E-state index contributed by atoms with van der Waals surface area (Å²) in [6, 6.07) is 21.2. The molecule has 0 saturated carbocycles. The van der Waals surface area contributed by atoms with Gasteiger partial charge in [0, 0.05) is 35.2 Å². The number of rotatable bonds is 7. The van der Waals surface area contributed by atoms with Crippen molar-refractivity contribution in [1.29, 1.82) is 0 Å². The van der Waals surface area contributed by atoms with Crippen molar-refractivity contribution >= 4 is 32.3 Å². The molecule has 2 heterocycles. The molecular weight excluding hydrogens is 460 g/mol. The largest absolute Gasteiger partial charge is 0.377 e. The molecule has 3 aromatic carbocycles.